The molecule has 1 atom stereocenters. The first-order valence-electron chi connectivity index (χ1n) is 7.37. The number of anilines is 1. The molecule has 0 bridgehead atoms. The van der Waals surface area contributed by atoms with Gasteiger partial charge in [0.2, 0.25) is 0 Å². The molecule has 0 spiro atoms. The summed E-state index contributed by atoms with van der Waals surface area (Å²) in [7, 11) is 0. The number of carbonyl (C=O) groups is 1. The minimum Gasteiger partial charge on any atom is -0.469 e. The second-order valence-electron chi connectivity index (χ2n) is 5.43. The molecule has 0 aliphatic heterocycles. The van der Waals surface area contributed by atoms with Crippen molar-refractivity contribution in [2.75, 3.05) is 5.32 Å². The normalized spacial score (nSPS) is 18.4. The van der Waals surface area contributed by atoms with Gasteiger partial charge in [0.05, 0.1) is 6.26 Å². The molecule has 1 aromatic carbocycles. The van der Waals surface area contributed by atoms with Crippen LogP contribution >= 0.6 is 0 Å². The summed E-state index contributed by atoms with van der Waals surface area (Å²) < 4.78 is 5.44. The SMILES string of the molecule is CCc1ccc(NC2=CC(=O)C[C@@H](c3ccco3)C2)cc1. The van der Waals surface area contributed by atoms with Crippen LogP contribution in [0.25, 0.3) is 0 Å². The number of allylic oxidation sites excluding steroid dienone is 2. The summed E-state index contributed by atoms with van der Waals surface area (Å²) in [5.41, 5.74) is 3.28. The van der Waals surface area contributed by atoms with Crippen LogP contribution in [-0.4, -0.2) is 5.78 Å². The van der Waals surface area contributed by atoms with Crippen LogP contribution in [0, 0.1) is 0 Å². The van der Waals surface area contributed by atoms with Gasteiger partial charge >= 0.3 is 0 Å². The quantitative estimate of drug-likeness (QED) is 0.909. The van der Waals surface area contributed by atoms with Crippen molar-refractivity contribution in [3.63, 3.8) is 0 Å². The van der Waals surface area contributed by atoms with Crippen molar-refractivity contribution in [3.8, 4) is 0 Å². The van der Waals surface area contributed by atoms with Crippen molar-refractivity contribution in [3.05, 3.63) is 65.8 Å². The lowest BCUT2D eigenvalue weighted by atomic mass is 9.89. The molecule has 0 radical (unpaired) electrons. The molecular weight excluding hydrogens is 262 g/mol. The average Bonchev–Trinajstić information content (AvgIpc) is 3.02. The van der Waals surface area contributed by atoms with E-state index in [1.807, 2.05) is 12.1 Å². The predicted molar refractivity (Wildman–Crippen MR) is 83.2 cm³/mol. The fourth-order valence-electron chi connectivity index (χ4n) is 2.71. The van der Waals surface area contributed by atoms with Gasteiger partial charge in [0.15, 0.2) is 5.78 Å². The Hall–Kier alpha value is -2.29. The van der Waals surface area contributed by atoms with Gasteiger partial charge in [0.25, 0.3) is 0 Å². The Morgan fingerprint density at radius 3 is 2.67 bits per heavy atom. The fourth-order valence-corrected chi connectivity index (χ4v) is 2.71. The summed E-state index contributed by atoms with van der Waals surface area (Å²) >= 11 is 0. The van der Waals surface area contributed by atoms with Gasteiger partial charge in [0, 0.05) is 29.8 Å². The number of aryl methyl sites for hydroxylation is 1. The fraction of sp³-hybridized carbons (Fsp3) is 0.278. The predicted octanol–water partition coefficient (Wildman–Crippen LogP) is 4.28. The number of hydrogen-bond donors (Lipinski definition) is 1. The van der Waals surface area contributed by atoms with Gasteiger partial charge < -0.3 is 9.73 Å². The lowest BCUT2D eigenvalue weighted by molar-refractivity contribution is -0.115. The number of rotatable bonds is 4. The molecule has 1 aromatic heterocycles. The van der Waals surface area contributed by atoms with E-state index in [-0.39, 0.29) is 11.7 Å². The summed E-state index contributed by atoms with van der Waals surface area (Å²) in [6, 6.07) is 12.1. The molecule has 3 heteroatoms. The molecular formula is C18H19NO2. The Morgan fingerprint density at radius 2 is 2.00 bits per heavy atom. The smallest absolute Gasteiger partial charge is 0.158 e. The zero-order chi connectivity index (χ0) is 14.7. The largest absolute Gasteiger partial charge is 0.469 e. The van der Waals surface area contributed by atoms with Gasteiger partial charge in [-0.3, -0.25) is 4.79 Å². The van der Waals surface area contributed by atoms with Crippen LogP contribution in [0.3, 0.4) is 0 Å². The van der Waals surface area contributed by atoms with E-state index < -0.39 is 0 Å². The van der Waals surface area contributed by atoms with Crippen LogP contribution < -0.4 is 5.32 Å². The third kappa shape index (κ3) is 3.24. The lowest BCUT2D eigenvalue weighted by Gasteiger charge is -2.21. The van der Waals surface area contributed by atoms with Gasteiger partial charge in [-0.25, -0.2) is 0 Å². The third-order valence-electron chi connectivity index (χ3n) is 3.86. The van der Waals surface area contributed by atoms with Crippen LogP contribution in [0.1, 0.15) is 37.0 Å². The molecule has 0 amide bonds. The van der Waals surface area contributed by atoms with Gasteiger partial charge in [0.1, 0.15) is 5.76 Å². The summed E-state index contributed by atoms with van der Waals surface area (Å²) in [6.45, 7) is 2.14. The highest BCUT2D eigenvalue weighted by molar-refractivity contribution is 5.92. The highest BCUT2D eigenvalue weighted by Crippen LogP contribution is 2.32. The molecule has 1 aliphatic carbocycles. The molecule has 0 unspecified atom stereocenters. The Balaban J connectivity index is 1.73. The molecule has 1 heterocycles. The van der Waals surface area contributed by atoms with Gasteiger partial charge in [-0.2, -0.15) is 0 Å². The van der Waals surface area contributed by atoms with Crippen LogP contribution in [0.2, 0.25) is 0 Å². The Labute approximate surface area is 124 Å². The Kier molecular flexibility index (Phi) is 3.91. The average molecular weight is 281 g/mol. The number of ketones is 1. The first-order valence-corrected chi connectivity index (χ1v) is 7.37. The van der Waals surface area contributed by atoms with Gasteiger partial charge in [-0.1, -0.05) is 19.1 Å². The standard InChI is InChI=1S/C18H19NO2/c1-2-13-5-7-15(8-6-13)19-16-10-14(11-17(20)12-16)18-4-3-9-21-18/h3-9,12,14,19H,2,10-11H2,1H3/t14-/m0/s1. The highest BCUT2D eigenvalue weighted by atomic mass is 16.3. The number of hydrogen-bond acceptors (Lipinski definition) is 3. The zero-order valence-corrected chi connectivity index (χ0v) is 12.1. The molecule has 2 aromatic rings. The minimum absolute atomic E-state index is 0.134. The van der Waals surface area contributed by atoms with Gasteiger partial charge in [-0.15, -0.1) is 0 Å². The molecule has 1 N–H and O–H groups in total. The van der Waals surface area contributed by atoms with E-state index in [1.54, 1.807) is 12.3 Å². The van der Waals surface area contributed by atoms with Crippen molar-refractivity contribution in [1.82, 2.24) is 0 Å². The van der Waals surface area contributed by atoms with E-state index >= 15 is 0 Å². The monoisotopic (exact) mass is 281 g/mol. The van der Waals surface area contributed by atoms with Crippen LogP contribution in [0.15, 0.2) is 58.9 Å². The van der Waals surface area contributed by atoms with Crippen LogP contribution in [0.5, 0.6) is 0 Å². The maximum Gasteiger partial charge on any atom is 0.158 e. The van der Waals surface area contributed by atoms with Crippen molar-refractivity contribution >= 4 is 11.5 Å². The second kappa shape index (κ2) is 6.00. The summed E-state index contributed by atoms with van der Waals surface area (Å²) in [6.07, 6.45) is 5.73. The third-order valence-corrected chi connectivity index (χ3v) is 3.86. The topological polar surface area (TPSA) is 42.2 Å². The van der Waals surface area contributed by atoms with Crippen LogP contribution in [0.4, 0.5) is 5.69 Å². The van der Waals surface area contributed by atoms with Crippen molar-refractivity contribution in [2.24, 2.45) is 0 Å². The van der Waals surface area contributed by atoms with Gasteiger partial charge in [-0.05, 0) is 42.7 Å². The van der Waals surface area contributed by atoms with Crippen molar-refractivity contribution < 1.29 is 9.21 Å². The molecule has 3 nitrogen and oxygen atoms in total. The molecule has 108 valence electrons. The minimum atomic E-state index is 0.134. The zero-order valence-electron chi connectivity index (χ0n) is 12.1. The van der Waals surface area contributed by atoms with Crippen LogP contribution in [-0.2, 0) is 11.2 Å². The number of benzene rings is 1. The molecule has 1 aliphatic rings. The van der Waals surface area contributed by atoms with Crippen molar-refractivity contribution in [2.45, 2.75) is 32.1 Å². The number of carbonyl (C=O) groups excluding carboxylic acids is 1. The highest BCUT2D eigenvalue weighted by Gasteiger charge is 2.24. The first-order chi connectivity index (χ1) is 10.2. The molecule has 3 rings (SSSR count). The Bertz CT molecular complexity index is 638. The number of furan rings is 1. The maximum atomic E-state index is 11.9. The molecule has 0 saturated heterocycles. The van der Waals surface area contributed by atoms with Crippen molar-refractivity contribution in [1.29, 1.82) is 0 Å². The van der Waals surface area contributed by atoms with E-state index in [0.29, 0.717) is 6.42 Å². The lowest BCUT2D eigenvalue weighted by Crippen LogP contribution is -2.16. The summed E-state index contributed by atoms with van der Waals surface area (Å²) in [5.74, 6) is 1.17. The molecule has 21 heavy (non-hydrogen) atoms. The Morgan fingerprint density at radius 1 is 1.19 bits per heavy atom. The van der Waals surface area contributed by atoms with E-state index in [4.69, 9.17) is 4.42 Å². The molecule has 0 fully saturated rings. The van der Waals surface area contributed by atoms with E-state index in [9.17, 15) is 4.79 Å². The van der Waals surface area contributed by atoms with E-state index in [1.165, 1.54) is 5.56 Å². The second-order valence-corrected chi connectivity index (χ2v) is 5.43. The first kappa shape index (κ1) is 13.7. The number of nitrogens with one attached hydrogen (secondary N) is 1. The van der Waals surface area contributed by atoms with E-state index in [2.05, 4.69) is 36.5 Å². The summed E-state index contributed by atoms with van der Waals surface area (Å²) in [4.78, 5) is 11.9. The van der Waals surface area contributed by atoms with E-state index in [0.717, 1.165) is 30.0 Å². The maximum absolute atomic E-state index is 11.9. The molecule has 0 saturated carbocycles. The summed E-state index contributed by atoms with van der Waals surface area (Å²) in [5, 5.41) is 3.35.